The molecular weight excluding hydrogens is 460 g/mol. The van der Waals surface area contributed by atoms with Crippen molar-refractivity contribution in [3.05, 3.63) is 88.6 Å². The van der Waals surface area contributed by atoms with Crippen LogP contribution in [0.4, 0.5) is 0 Å². The van der Waals surface area contributed by atoms with Gasteiger partial charge >= 0.3 is 0 Å². The molecule has 2 N–H and O–H groups in total. The molecular formula is C26H26N6O4. The highest BCUT2D eigenvalue weighted by Gasteiger charge is 2.35. The third kappa shape index (κ3) is 4.38. The van der Waals surface area contributed by atoms with Crippen LogP contribution in [0.25, 0.3) is 16.7 Å². The minimum atomic E-state index is -1.14. The maximum absolute atomic E-state index is 13.1. The number of hydrogen-bond donors (Lipinski definition) is 2. The summed E-state index contributed by atoms with van der Waals surface area (Å²) in [5.41, 5.74) is 0.801. The van der Waals surface area contributed by atoms with Crippen molar-refractivity contribution in [2.45, 2.75) is 25.0 Å². The predicted molar refractivity (Wildman–Crippen MR) is 133 cm³/mol. The lowest BCUT2D eigenvalue weighted by Crippen LogP contribution is -2.49. The summed E-state index contributed by atoms with van der Waals surface area (Å²) in [5, 5.41) is 18.5. The highest BCUT2D eigenvalue weighted by Crippen LogP contribution is 2.25. The Balaban J connectivity index is 1.28. The number of para-hydroxylation sites is 1. The van der Waals surface area contributed by atoms with E-state index >= 15 is 0 Å². The van der Waals surface area contributed by atoms with E-state index in [0.29, 0.717) is 48.1 Å². The van der Waals surface area contributed by atoms with Gasteiger partial charge in [0.25, 0.3) is 17.4 Å². The fourth-order valence-electron chi connectivity index (χ4n) is 4.51. The summed E-state index contributed by atoms with van der Waals surface area (Å²) < 4.78 is 3.02. The summed E-state index contributed by atoms with van der Waals surface area (Å²) in [5.74, 6) is -0.374. The van der Waals surface area contributed by atoms with Crippen molar-refractivity contribution in [2.75, 3.05) is 20.1 Å². The molecule has 184 valence electrons. The van der Waals surface area contributed by atoms with Crippen molar-refractivity contribution in [2.24, 2.45) is 0 Å². The molecule has 2 aromatic heterocycles. The van der Waals surface area contributed by atoms with E-state index < -0.39 is 5.60 Å². The highest BCUT2D eigenvalue weighted by molar-refractivity contribution is 5.97. The second kappa shape index (κ2) is 9.38. The summed E-state index contributed by atoms with van der Waals surface area (Å²) >= 11 is 0. The Bertz CT molecular complexity index is 1470. The van der Waals surface area contributed by atoms with E-state index in [1.807, 2.05) is 30.3 Å². The van der Waals surface area contributed by atoms with Gasteiger partial charge in [0.2, 0.25) is 0 Å². The van der Waals surface area contributed by atoms with Gasteiger partial charge in [-0.05, 0) is 49.2 Å². The number of aromatic nitrogens is 4. The van der Waals surface area contributed by atoms with Gasteiger partial charge in [-0.3, -0.25) is 19.0 Å². The van der Waals surface area contributed by atoms with Crippen LogP contribution in [0.2, 0.25) is 0 Å². The first-order valence-electron chi connectivity index (χ1n) is 11.7. The molecule has 0 aliphatic carbocycles. The number of benzene rings is 2. The quantitative estimate of drug-likeness (QED) is 0.442. The summed E-state index contributed by atoms with van der Waals surface area (Å²) in [6, 6.07) is 15.9. The summed E-state index contributed by atoms with van der Waals surface area (Å²) in [7, 11) is 1.55. The molecule has 2 aromatic carbocycles. The fourth-order valence-corrected chi connectivity index (χ4v) is 4.51. The van der Waals surface area contributed by atoms with Crippen LogP contribution in [-0.4, -0.2) is 66.9 Å². The molecule has 0 radical (unpaired) electrons. The van der Waals surface area contributed by atoms with Gasteiger partial charge in [0.1, 0.15) is 11.7 Å². The maximum Gasteiger partial charge on any atom is 0.264 e. The third-order valence-corrected chi connectivity index (χ3v) is 6.62. The monoisotopic (exact) mass is 486 g/mol. The summed E-state index contributed by atoms with van der Waals surface area (Å²) in [6.07, 6.45) is 3.58. The molecule has 4 aromatic rings. The van der Waals surface area contributed by atoms with E-state index in [-0.39, 0.29) is 23.9 Å². The Labute approximate surface area is 206 Å². The summed E-state index contributed by atoms with van der Waals surface area (Å²) in [4.78, 5) is 43.9. The number of carbonyl (C=O) groups excluding carboxylic acids is 2. The molecule has 0 spiro atoms. The predicted octanol–water partition coefficient (Wildman–Crippen LogP) is 1.61. The molecule has 0 bridgehead atoms. The average Bonchev–Trinajstić information content (AvgIpc) is 3.35. The SMILES string of the molecule is CNC(=O)c1ccc(C(=O)N2CCC(O)(Cn3cnc4c(cnn4-c4ccccc4)c3=O)CC2)cc1. The number of likely N-dealkylation sites (tertiary alicyclic amines) is 1. The van der Waals surface area contributed by atoms with Gasteiger partial charge < -0.3 is 15.3 Å². The Morgan fingerprint density at radius 3 is 2.36 bits per heavy atom. The van der Waals surface area contributed by atoms with Crippen LogP contribution in [0.1, 0.15) is 33.6 Å². The van der Waals surface area contributed by atoms with Gasteiger partial charge in [-0.1, -0.05) is 18.2 Å². The Morgan fingerprint density at radius 2 is 1.69 bits per heavy atom. The molecule has 3 heterocycles. The highest BCUT2D eigenvalue weighted by atomic mass is 16.3. The number of nitrogens with zero attached hydrogens (tertiary/aromatic N) is 5. The number of nitrogens with one attached hydrogen (secondary N) is 1. The van der Waals surface area contributed by atoms with Gasteiger partial charge in [0.05, 0.1) is 24.0 Å². The molecule has 1 saturated heterocycles. The largest absolute Gasteiger partial charge is 0.388 e. The molecule has 2 amide bonds. The van der Waals surface area contributed by atoms with Crippen LogP contribution >= 0.6 is 0 Å². The van der Waals surface area contributed by atoms with Gasteiger partial charge in [-0.15, -0.1) is 0 Å². The molecule has 0 unspecified atom stereocenters. The molecule has 10 nitrogen and oxygen atoms in total. The smallest absolute Gasteiger partial charge is 0.264 e. The second-order valence-electron chi connectivity index (χ2n) is 8.98. The zero-order chi connectivity index (χ0) is 25.3. The maximum atomic E-state index is 13.1. The number of fused-ring (bicyclic) bond motifs is 1. The summed E-state index contributed by atoms with van der Waals surface area (Å²) in [6.45, 7) is 0.778. The van der Waals surface area contributed by atoms with Crippen LogP contribution in [0.5, 0.6) is 0 Å². The molecule has 36 heavy (non-hydrogen) atoms. The van der Waals surface area contributed by atoms with Gasteiger partial charge in [0, 0.05) is 31.3 Å². The van der Waals surface area contributed by atoms with Gasteiger partial charge in [-0.2, -0.15) is 5.10 Å². The third-order valence-electron chi connectivity index (χ3n) is 6.62. The van der Waals surface area contributed by atoms with Crippen LogP contribution < -0.4 is 10.9 Å². The number of rotatable bonds is 5. The van der Waals surface area contributed by atoms with E-state index in [1.54, 1.807) is 40.9 Å². The Hall–Kier alpha value is -4.31. The van der Waals surface area contributed by atoms with E-state index in [2.05, 4.69) is 15.4 Å². The first kappa shape index (κ1) is 23.4. The minimum Gasteiger partial charge on any atom is -0.388 e. The van der Waals surface area contributed by atoms with Crippen molar-refractivity contribution in [3.63, 3.8) is 0 Å². The number of carbonyl (C=O) groups is 2. The Morgan fingerprint density at radius 1 is 1.03 bits per heavy atom. The first-order chi connectivity index (χ1) is 17.4. The van der Waals surface area contributed by atoms with Crippen molar-refractivity contribution in [1.82, 2.24) is 29.5 Å². The molecule has 0 saturated carbocycles. The van der Waals surface area contributed by atoms with Crippen molar-refractivity contribution in [1.29, 1.82) is 0 Å². The molecule has 10 heteroatoms. The zero-order valence-corrected chi connectivity index (χ0v) is 19.8. The van der Waals surface area contributed by atoms with Crippen LogP contribution in [0, 0.1) is 0 Å². The fraction of sp³-hybridized carbons (Fsp3) is 0.269. The topological polar surface area (TPSA) is 122 Å². The molecule has 1 fully saturated rings. The van der Waals surface area contributed by atoms with Gasteiger partial charge in [-0.25, -0.2) is 9.67 Å². The van der Waals surface area contributed by atoms with Crippen LogP contribution in [0.3, 0.4) is 0 Å². The molecule has 1 aliphatic rings. The number of amides is 2. The van der Waals surface area contributed by atoms with E-state index in [0.717, 1.165) is 5.69 Å². The number of piperidine rings is 1. The van der Waals surface area contributed by atoms with Crippen LogP contribution in [0.15, 0.2) is 71.9 Å². The van der Waals surface area contributed by atoms with Crippen molar-refractivity contribution < 1.29 is 14.7 Å². The van der Waals surface area contributed by atoms with Crippen LogP contribution in [-0.2, 0) is 6.54 Å². The lowest BCUT2D eigenvalue weighted by Gasteiger charge is -2.38. The van der Waals surface area contributed by atoms with E-state index in [1.165, 1.54) is 17.1 Å². The lowest BCUT2D eigenvalue weighted by molar-refractivity contribution is -0.0299. The average molecular weight is 487 g/mol. The number of aliphatic hydroxyl groups is 1. The number of hydrogen-bond acceptors (Lipinski definition) is 6. The van der Waals surface area contributed by atoms with Gasteiger partial charge in [0.15, 0.2) is 5.65 Å². The Kier molecular flexibility index (Phi) is 6.11. The molecule has 0 atom stereocenters. The first-order valence-corrected chi connectivity index (χ1v) is 11.7. The second-order valence-corrected chi connectivity index (χ2v) is 8.98. The minimum absolute atomic E-state index is 0.0775. The van der Waals surface area contributed by atoms with Crippen molar-refractivity contribution in [3.8, 4) is 5.69 Å². The normalized spacial score (nSPS) is 15.1. The van der Waals surface area contributed by atoms with E-state index in [9.17, 15) is 19.5 Å². The zero-order valence-electron chi connectivity index (χ0n) is 19.8. The standard InChI is InChI=1S/C26H26N6O4/c1-27-23(33)18-7-9-19(10-8-18)24(34)30-13-11-26(36,12-14-30)16-31-17-28-22-21(25(31)35)15-29-32(22)20-5-3-2-4-6-20/h2-10,15,17,36H,11-14,16H2,1H3,(H,27,33). The molecule has 5 rings (SSSR count). The molecule has 1 aliphatic heterocycles. The van der Waals surface area contributed by atoms with Crippen molar-refractivity contribution >= 4 is 22.8 Å². The van der Waals surface area contributed by atoms with E-state index in [4.69, 9.17) is 0 Å². The lowest BCUT2D eigenvalue weighted by atomic mass is 9.91.